The van der Waals surface area contributed by atoms with Crippen molar-refractivity contribution >= 4 is 5.91 Å². The number of amides is 1. The summed E-state index contributed by atoms with van der Waals surface area (Å²) in [6.45, 7) is 4.13. The van der Waals surface area contributed by atoms with Gasteiger partial charge in [0.05, 0.1) is 12.2 Å². The van der Waals surface area contributed by atoms with Gasteiger partial charge >= 0.3 is 0 Å². The highest BCUT2D eigenvalue weighted by Gasteiger charge is 2.34. The molecule has 2 atom stereocenters. The van der Waals surface area contributed by atoms with Crippen LogP contribution in [0.25, 0.3) is 0 Å². The molecule has 1 fully saturated rings. The van der Waals surface area contributed by atoms with Crippen LogP contribution in [-0.4, -0.2) is 23.7 Å². The molecule has 3 heteroatoms. The Labute approximate surface area is 114 Å². The van der Waals surface area contributed by atoms with E-state index in [0.717, 1.165) is 17.5 Å². The summed E-state index contributed by atoms with van der Waals surface area (Å²) in [7, 11) is 0. The molecule has 1 aromatic rings. The minimum Gasteiger partial charge on any atom is -0.395 e. The number of hydrogen-bond donors (Lipinski definition) is 2. The standard InChI is InChI=1S/C16H19NO2/c1-11-6-7-13(5-3-4-8-18)14(9-11)16(19)17-15-10-12(15)2/h6-7,9,12,15,18H,4,8,10H2,1-2H3,(H,17,19). The number of aliphatic hydroxyl groups excluding tert-OH is 1. The number of hydrogen-bond acceptors (Lipinski definition) is 2. The highest BCUT2D eigenvalue weighted by molar-refractivity contribution is 5.97. The Balaban J connectivity index is 2.19. The third kappa shape index (κ3) is 3.59. The molecule has 1 aliphatic carbocycles. The fourth-order valence-electron chi connectivity index (χ4n) is 1.94. The van der Waals surface area contributed by atoms with Crippen LogP contribution < -0.4 is 5.32 Å². The number of carbonyl (C=O) groups excluding carboxylic acids is 1. The molecule has 0 bridgehead atoms. The summed E-state index contributed by atoms with van der Waals surface area (Å²) in [6, 6.07) is 5.99. The van der Waals surface area contributed by atoms with Crippen LogP contribution >= 0.6 is 0 Å². The first kappa shape index (κ1) is 13.6. The maximum absolute atomic E-state index is 12.2. The predicted octanol–water partition coefficient (Wildman–Crippen LogP) is 1.87. The van der Waals surface area contributed by atoms with Gasteiger partial charge in [0.15, 0.2) is 0 Å². The second-order valence-electron chi connectivity index (χ2n) is 5.12. The second-order valence-corrected chi connectivity index (χ2v) is 5.12. The maximum Gasteiger partial charge on any atom is 0.252 e. The normalized spacial score (nSPS) is 20.4. The quantitative estimate of drug-likeness (QED) is 0.812. The first-order valence-corrected chi connectivity index (χ1v) is 6.63. The van der Waals surface area contributed by atoms with E-state index in [1.54, 1.807) is 0 Å². The number of aryl methyl sites for hydroxylation is 1. The highest BCUT2D eigenvalue weighted by Crippen LogP contribution is 2.29. The van der Waals surface area contributed by atoms with Crippen molar-refractivity contribution in [2.45, 2.75) is 32.7 Å². The van der Waals surface area contributed by atoms with E-state index >= 15 is 0 Å². The summed E-state index contributed by atoms with van der Waals surface area (Å²) in [5, 5.41) is 11.8. The zero-order chi connectivity index (χ0) is 13.8. The Morgan fingerprint density at radius 2 is 2.26 bits per heavy atom. The van der Waals surface area contributed by atoms with Gasteiger partial charge in [0.25, 0.3) is 5.91 Å². The van der Waals surface area contributed by atoms with Gasteiger partial charge in [-0.15, -0.1) is 0 Å². The van der Waals surface area contributed by atoms with Crippen molar-refractivity contribution in [3.8, 4) is 11.8 Å². The molecule has 0 saturated heterocycles. The van der Waals surface area contributed by atoms with E-state index in [0.29, 0.717) is 23.9 Å². The molecule has 2 unspecified atom stereocenters. The molecule has 0 aliphatic heterocycles. The highest BCUT2D eigenvalue weighted by atomic mass is 16.2. The average molecular weight is 257 g/mol. The molecule has 1 aliphatic rings. The first-order chi connectivity index (χ1) is 9.11. The van der Waals surface area contributed by atoms with Crippen LogP contribution in [0, 0.1) is 24.7 Å². The van der Waals surface area contributed by atoms with Crippen LogP contribution in [0.3, 0.4) is 0 Å². The van der Waals surface area contributed by atoms with Crippen molar-refractivity contribution < 1.29 is 9.90 Å². The van der Waals surface area contributed by atoms with Crippen LogP contribution in [0.2, 0.25) is 0 Å². The number of carbonyl (C=O) groups is 1. The lowest BCUT2D eigenvalue weighted by Crippen LogP contribution is -2.27. The maximum atomic E-state index is 12.2. The van der Waals surface area contributed by atoms with E-state index < -0.39 is 0 Å². The fourth-order valence-corrected chi connectivity index (χ4v) is 1.94. The summed E-state index contributed by atoms with van der Waals surface area (Å²) in [5.74, 6) is 6.35. The van der Waals surface area contributed by atoms with Crippen molar-refractivity contribution in [2.75, 3.05) is 6.61 Å². The van der Waals surface area contributed by atoms with Gasteiger partial charge in [0, 0.05) is 18.0 Å². The fraction of sp³-hybridized carbons (Fsp3) is 0.438. The molecule has 100 valence electrons. The lowest BCUT2D eigenvalue weighted by atomic mass is 10.0. The second kappa shape index (κ2) is 5.90. The lowest BCUT2D eigenvalue weighted by Gasteiger charge is -2.07. The molecule has 3 nitrogen and oxygen atoms in total. The van der Waals surface area contributed by atoms with Crippen molar-refractivity contribution in [3.05, 3.63) is 34.9 Å². The van der Waals surface area contributed by atoms with Crippen LogP contribution in [0.1, 0.15) is 41.3 Å². The van der Waals surface area contributed by atoms with Gasteiger partial charge in [-0.1, -0.05) is 30.4 Å². The number of benzene rings is 1. The molecule has 1 saturated carbocycles. The molecular weight excluding hydrogens is 238 g/mol. The molecule has 0 heterocycles. The summed E-state index contributed by atoms with van der Waals surface area (Å²) in [4.78, 5) is 12.2. The molecule has 2 N–H and O–H groups in total. The average Bonchev–Trinajstić information content (AvgIpc) is 3.06. The minimum atomic E-state index is -0.0497. The van der Waals surface area contributed by atoms with Crippen LogP contribution in [0.15, 0.2) is 18.2 Å². The topological polar surface area (TPSA) is 49.3 Å². The summed E-state index contributed by atoms with van der Waals surface area (Å²) in [5.41, 5.74) is 2.40. The largest absolute Gasteiger partial charge is 0.395 e. The zero-order valence-corrected chi connectivity index (χ0v) is 11.4. The van der Waals surface area contributed by atoms with Crippen molar-refractivity contribution in [3.63, 3.8) is 0 Å². The van der Waals surface area contributed by atoms with E-state index in [4.69, 9.17) is 5.11 Å². The molecule has 0 radical (unpaired) electrons. The van der Waals surface area contributed by atoms with Gasteiger partial charge in [-0.3, -0.25) is 4.79 Å². The predicted molar refractivity (Wildman–Crippen MR) is 74.8 cm³/mol. The summed E-state index contributed by atoms with van der Waals surface area (Å²) < 4.78 is 0. The number of rotatable bonds is 3. The summed E-state index contributed by atoms with van der Waals surface area (Å²) in [6.07, 6.45) is 1.48. The van der Waals surface area contributed by atoms with Gasteiger partial charge < -0.3 is 10.4 Å². The zero-order valence-electron chi connectivity index (χ0n) is 11.4. The van der Waals surface area contributed by atoms with E-state index in [1.807, 2.05) is 25.1 Å². The van der Waals surface area contributed by atoms with Crippen LogP contribution in [0.4, 0.5) is 0 Å². The Kier molecular flexibility index (Phi) is 4.24. The van der Waals surface area contributed by atoms with Crippen LogP contribution in [-0.2, 0) is 0 Å². The summed E-state index contributed by atoms with van der Waals surface area (Å²) >= 11 is 0. The van der Waals surface area contributed by atoms with Gasteiger partial charge in [0.1, 0.15) is 0 Å². The van der Waals surface area contributed by atoms with Crippen molar-refractivity contribution in [1.82, 2.24) is 5.32 Å². The number of aliphatic hydroxyl groups is 1. The van der Waals surface area contributed by atoms with Gasteiger partial charge in [0.2, 0.25) is 0 Å². The van der Waals surface area contributed by atoms with Crippen molar-refractivity contribution in [2.24, 2.45) is 5.92 Å². The molecule has 0 aromatic heterocycles. The molecular formula is C16H19NO2. The molecule has 19 heavy (non-hydrogen) atoms. The van der Waals surface area contributed by atoms with E-state index in [2.05, 4.69) is 24.1 Å². The first-order valence-electron chi connectivity index (χ1n) is 6.63. The number of nitrogens with one attached hydrogen (secondary N) is 1. The Morgan fingerprint density at radius 1 is 1.53 bits per heavy atom. The molecule has 1 amide bonds. The van der Waals surface area contributed by atoms with Crippen molar-refractivity contribution in [1.29, 1.82) is 0 Å². The third-order valence-electron chi connectivity index (χ3n) is 3.31. The lowest BCUT2D eigenvalue weighted by molar-refractivity contribution is 0.0949. The smallest absolute Gasteiger partial charge is 0.252 e. The molecule has 2 rings (SSSR count). The minimum absolute atomic E-state index is 0.0416. The molecule has 0 spiro atoms. The van der Waals surface area contributed by atoms with Crippen LogP contribution in [0.5, 0.6) is 0 Å². The monoisotopic (exact) mass is 257 g/mol. The van der Waals surface area contributed by atoms with E-state index in [1.165, 1.54) is 0 Å². The Hall–Kier alpha value is -1.79. The van der Waals surface area contributed by atoms with Gasteiger partial charge in [-0.2, -0.15) is 0 Å². The van der Waals surface area contributed by atoms with E-state index in [-0.39, 0.29) is 12.5 Å². The van der Waals surface area contributed by atoms with Gasteiger partial charge in [-0.05, 0) is 31.4 Å². The van der Waals surface area contributed by atoms with E-state index in [9.17, 15) is 4.79 Å². The van der Waals surface area contributed by atoms with Gasteiger partial charge in [-0.25, -0.2) is 0 Å². The third-order valence-corrected chi connectivity index (χ3v) is 3.31. The Bertz CT molecular complexity index is 539. The SMILES string of the molecule is Cc1ccc(C#CCCO)c(C(=O)NC2CC2C)c1. The Morgan fingerprint density at radius 3 is 2.89 bits per heavy atom. The molecule has 1 aromatic carbocycles.